The molecule has 1 fully saturated rings. The van der Waals surface area contributed by atoms with E-state index < -0.39 is 11.7 Å². The van der Waals surface area contributed by atoms with Gasteiger partial charge in [-0.1, -0.05) is 6.07 Å². The molecule has 1 unspecified atom stereocenters. The van der Waals surface area contributed by atoms with Crippen LogP contribution in [0.2, 0.25) is 0 Å². The first-order valence-electron chi connectivity index (χ1n) is 5.61. The molecule has 1 aliphatic heterocycles. The maximum absolute atomic E-state index is 12.7. The quantitative estimate of drug-likeness (QED) is 0.759. The summed E-state index contributed by atoms with van der Waals surface area (Å²) in [5.74, 6) is -0.294. The van der Waals surface area contributed by atoms with Crippen LogP contribution in [0.25, 0.3) is 0 Å². The van der Waals surface area contributed by atoms with Crippen molar-refractivity contribution in [2.45, 2.75) is 24.9 Å². The number of carbonyl (C=O) groups is 1. The van der Waals surface area contributed by atoms with Crippen LogP contribution in [0.4, 0.5) is 18.9 Å². The van der Waals surface area contributed by atoms with Crippen molar-refractivity contribution in [3.05, 3.63) is 29.3 Å². The van der Waals surface area contributed by atoms with E-state index in [1.165, 1.54) is 6.07 Å². The van der Waals surface area contributed by atoms with Crippen LogP contribution >= 0.6 is 0 Å². The smallest absolute Gasteiger partial charge is 0.398 e. The Kier molecular flexibility index (Phi) is 3.19. The van der Waals surface area contributed by atoms with Gasteiger partial charge in [-0.05, 0) is 30.0 Å². The van der Waals surface area contributed by atoms with Gasteiger partial charge in [-0.25, -0.2) is 0 Å². The van der Waals surface area contributed by atoms with Crippen LogP contribution in [0.15, 0.2) is 18.2 Å². The van der Waals surface area contributed by atoms with E-state index in [4.69, 9.17) is 5.73 Å². The predicted molar refractivity (Wildman–Crippen MR) is 60.8 cm³/mol. The summed E-state index contributed by atoms with van der Waals surface area (Å²) < 4.78 is 38.1. The Labute approximate surface area is 102 Å². The van der Waals surface area contributed by atoms with E-state index in [1.54, 1.807) is 6.07 Å². The van der Waals surface area contributed by atoms with E-state index in [9.17, 15) is 18.0 Å². The second-order valence-corrected chi connectivity index (χ2v) is 4.38. The molecular formula is C12H13F3N2O. The molecule has 3 N–H and O–H groups in total. The minimum Gasteiger partial charge on any atom is -0.398 e. The number of rotatable bonds is 1. The molecule has 0 aromatic heterocycles. The molecule has 1 amide bonds. The van der Waals surface area contributed by atoms with Gasteiger partial charge in [0.25, 0.3) is 0 Å². The number of amides is 1. The molecule has 1 heterocycles. The van der Waals surface area contributed by atoms with Crippen LogP contribution < -0.4 is 11.1 Å². The van der Waals surface area contributed by atoms with Gasteiger partial charge < -0.3 is 11.1 Å². The van der Waals surface area contributed by atoms with Gasteiger partial charge in [-0.15, -0.1) is 0 Å². The van der Waals surface area contributed by atoms with Crippen LogP contribution in [-0.2, 0) is 11.0 Å². The van der Waals surface area contributed by atoms with Crippen molar-refractivity contribution in [3.8, 4) is 0 Å². The molecule has 1 atom stereocenters. The first-order valence-corrected chi connectivity index (χ1v) is 5.61. The summed E-state index contributed by atoms with van der Waals surface area (Å²) in [5, 5.41) is 2.65. The monoisotopic (exact) mass is 258 g/mol. The number of halogens is 3. The molecular weight excluding hydrogens is 245 g/mol. The summed E-state index contributed by atoms with van der Waals surface area (Å²) in [6.07, 6.45) is -3.59. The maximum Gasteiger partial charge on any atom is 0.418 e. The summed E-state index contributed by atoms with van der Waals surface area (Å²) >= 11 is 0. The number of benzene rings is 1. The molecule has 1 saturated heterocycles. The number of carbonyl (C=O) groups excluding carboxylic acids is 1. The van der Waals surface area contributed by atoms with E-state index in [2.05, 4.69) is 5.32 Å². The Morgan fingerprint density at radius 3 is 2.67 bits per heavy atom. The van der Waals surface area contributed by atoms with Crippen molar-refractivity contribution in [1.29, 1.82) is 0 Å². The van der Waals surface area contributed by atoms with Crippen LogP contribution in [0.5, 0.6) is 0 Å². The molecule has 0 saturated carbocycles. The van der Waals surface area contributed by atoms with Gasteiger partial charge >= 0.3 is 6.18 Å². The van der Waals surface area contributed by atoms with Gasteiger partial charge in [0, 0.05) is 18.7 Å². The average Bonchev–Trinajstić information content (AvgIpc) is 2.28. The van der Waals surface area contributed by atoms with E-state index >= 15 is 0 Å². The van der Waals surface area contributed by atoms with Crippen molar-refractivity contribution in [1.82, 2.24) is 5.32 Å². The number of nitrogens with two attached hydrogens (primary N) is 1. The van der Waals surface area contributed by atoms with Crippen LogP contribution in [0, 0.1) is 0 Å². The average molecular weight is 258 g/mol. The first kappa shape index (κ1) is 12.7. The molecule has 0 radical (unpaired) electrons. The first-order chi connectivity index (χ1) is 8.38. The van der Waals surface area contributed by atoms with E-state index in [0.29, 0.717) is 18.5 Å². The third-order valence-electron chi connectivity index (χ3n) is 3.10. The molecule has 1 aliphatic rings. The highest BCUT2D eigenvalue weighted by atomic mass is 19.4. The predicted octanol–water partition coefficient (Wildman–Crippen LogP) is 2.28. The topological polar surface area (TPSA) is 55.1 Å². The standard InChI is InChI=1S/C12H13F3N2O/c13-12(14,15)9-5-7(1-2-10(9)16)8-3-4-17-11(18)6-8/h1-2,5,8H,3-4,6,16H2,(H,17,18). The molecule has 2 rings (SSSR count). The third-order valence-corrected chi connectivity index (χ3v) is 3.10. The zero-order valence-electron chi connectivity index (χ0n) is 9.55. The molecule has 0 bridgehead atoms. The third kappa shape index (κ3) is 2.57. The number of hydrogen-bond donors (Lipinski definition) is 2. The molecule has 1 aromatic rings. The summed E-state index contributed by atoms with van der Waals surface area (Å²) in [7, 11) is 0. The lowest BCUT2D eigenvalue weighted by molar-refractivity contribution is -0.137. The number of hydrogen-bond acceptors (Lipinski definition) is 2. The SMILES string of the molecule is Nc1ccc(C2CCNC(=O)C2)cc1C(F)(F)F. The maximum atomic E-state index is 12.7. The summed E-state index contributed by atoms with van der Waals surface area (Å²) in [5.41, 5.74) is 4.74. The van der Waals surface area contributed by atoms with E-state index in [-0.39, 0.29) is 23.9 Å². The molecule has 1 aromatic carbocycles. The van der Waals surface area contributed by atoms with Gasteiger partial charge in [0.05, 0.1) is 5.56 Å². The molecule has 6 heteroatoms. The fourth-order valence-corrected chi connectivity index (χ4v) is 2.14. The zero-order chi connectivity index (χ0) is 13.3. The fraction of sp³-hybridized carbons (Fsp3) is 0.417. The van der Waals surface area contributed by atoms with Gasteiger partial charge in [0.2, 0.25) is 5.91 Å². The van der Waals surface area contributed by atoms with Gasteiger partial charge in [-0.2, -0.15) is 13.2 Å². The van der Waals surface area contributed by atoms with Crippen LogP contribution in [0.1, 0.15) is 29.9 Å². The van der Waals surface area contributed by atoms with Crippen molar-refractivity contribution in [2.24, 2.45) is 0 Å². The Balaban J connectivity index is 2.32. The van der Waals surface area contributed by atoms with E-state index in [0.717, 1.165) is 6.07 Å². The largest absolute Gasteiger partial charge is 0.418 e. The number of alkyl halides is 3. The zero-order valence-corrected chi connectivity index (χ0v) is 9.55. The van der Waals surface area contributed by atoms with Gasteiger partial charge in [0.15, 0.2) is 0 Å². The number of nitrogen functional groups attached to an aromatic ring is 1. The van der Waals surface area contributed by atoms with Crippen LogP contribution in [0.3, 0.4) is 0 Å². The summed E-state index contributed by atoms with van der Waals surface area (Å²) in [4.78, 5) is 11.2. The summed E-state index contributed by atoms with van der Waals surface area (Å²) in [6, 6.07) is 3.87. The number of anilines is 1. The van der Waals surface area contributed by atoms with Crippen molar-refractivity contribution < 1.29 is 18.0 Å². The molecule has 0 spiro atoms. The summed E-state index contributed by atoms with van der Waals surface area (Å²) in [6.45, 7) is 0.495. The minimum atomic E-state index is -4.46. The Hall–Kier alpha value is -1.72. The van der Waals surface area contributed by atoms with Gasteiger partial charge in [-0.3, -0.25) is 4.79 Å². The number of piperidine rings is 1. The van der Waals surface area contributed by atoms with Crippen molar-refractivity contribution in [2.75, 3.05) is 12.3 Å². The number of nitrogens with one attached hydrogen (secondary N) is 1. The fourth-order valence-electron chi connectivity index (χ4n) is 2.14. The second kappa shape index (κ2) is 4.51. The molecule has 3 nitrogen and oxygen atoms in total. The van der Waals surface area contributed by atoms with Crippen molar-refractivity contribution in [3.63, 3.8) is 0 Å². The Morgan fingerprint density at radius 1 is 1.33 bits per heavy atom. The lowest BCUT2D eigenvalue weighted by atomic mass is 9.88. The molecule has 0 aliphatic carbocycles. The van der Waals surface area contributed by atoms with E-state index in [1.807, 2.05) is 0 Å². The van der Waals surface area contributed by atoms with Crippen molar-refractivity contribution >= 4 is 11.6 Å². The Bertz CT molecular complexity index is 471. The lowest BCUT2D eigenvalue weighted by Gasteiger charge is -2.23. The molecule has 98 valence electrons. The second-order valence-electron chi connectivity index (χ2n) is 4.38. The Morgan fingerprint density at radius 2 is 2.06 bits per heavy atom. The highest BCUT2D eigenvalue weighted by Crippen LogP contribution is 2.36. The lowest BCUT2D eigenvalue weighted by Crippen LogP contribution is -2.32. The highest BCUT2D eigenvalue weighted by Gasteiger charge is 2.34. The van der Waals surface area contributed by atoms with Gasteiger partial charge in [0.1, 0.15) is 0 Å². The minimum absolute atomic E-state index is 0.128. The molecule has 18 heavy (non-hydrogen) atoms. The van der Waals surface area contributed by atoms with Crippen LogP contribution in [-0.4, -0.2) is 12.5 Å². The highest BCUT2D eigenvalue weighted by molar-refractivity contribution is 5.77. The normalized spacial score (nSPS) is 20.6.